The summed E-state index contributed by atoms with van der Waals surface area (Å²) in [5.41, 5.74) is 5.67. The Morgan fingerprint density at radius 2 is 1.21 bits per heavy atom. The molecular weight excluding hydrogens is 741 g/mol. The molecule has 6 heterocycles. The molecule has 5 aromatic rings. The van der Waals surface area contributed by atoms with Gasteiger partial charge in [0.05, 0.1) is 67.0 Å². The number of alkyl carbamates (subject to hydrolysis) is 2. The average Bonchev–Trinajstić information content (AvgIpc) is 4.07. The van der Waals surface area contributed by atoms with E-state index in [0.717, 1.165) is 64.8 Å². The second-order valence-corrected chi connectivity index (χ2v) is 15.5. The topological polar surface area (TPSA) is 200 Å². The first-order chi connectivity index (χ1) is 27.9. The van der Waals surface area contributed by atoms with E-state index in [-0.39, 0.29) is 35.7 Å². The second kappa shape index (κ2) is 17.0. The molecule has 0 spiro atoms. The number of benzene rings is 1. The van der Waals surface area contributed by atoms with E-state index in [1.165, 1.54) is 14.2 Å². The Bertz CT molecular complexity index is 2290. The molecule has 16 nitrogen and oxygen atoms in total. The zero-order valence-corrected chi connectivity index (χ0v) is 33.6. The van der Waals surface area contributed by atoms with Crippen molar-refractivity contribution in [1.29, 1.82) is 0 Å². The zero-order valence-electron chi connectivity index (χ0n) is 33.6. The normalized spacial score (nSPS) is 17.8. The smallest absolute Gasteiger partial charge is 0.407 e. The molecule has 0 saturated carbocycles. The van der Waals surface area contributed by atoms with Crippen molar-refractivity contribution in [1.82, 2.24) is 50.3 Å². The van der Waals surface area contributed by atoms with Crippen LogP contribution in [0.1, 0.15) is 77.1 Å². The number of aromatic amines is 2. The fourth-order valence-electron chi connectivity index (χ4n) is 7.83. The Morgan fingerprint density at radius 1 is 0.672 bits per heavy atom. The summed E-state index contributed by atoms with van der Waals surface area (Å²) in [5, 5.41) is 6.33. The van der Waals surface area contributed by atoms with Crippen molar-refractivity contribution in [2.75, 3.05) is 27.3 Å². The molecule has 0 aliphatic carbocycles. The van der Waals surface area contributed by atoms with Crippen LogP contribution in [0.5, 0.6) is 0 Å². The Morgan fingerprint density at radius 3 is 1.74 bits per heavy atom. The Labute approximate surface area is 336 Å². The molecule has 4 aromatic heterocycles. The molecule has 16 heteroatoms. The first kappa shape index (κ1) is 39.9. The van der Waals surface area contributed by atoms with Crippen LogP contribution in [-0.2, 0) is 19.1 Å². The number of H-pyrrole nitrogens is 2. The lowest BCUT2D eigenvalue weighted by atomic mass is 10.0. The third-order valence-electron chi connectivity index (χ3n) is 11.0. The number of methoxy groups -OCH3 is 2. The van der Waals surface area contributed by atoms with Gasteiger partial charge in [-0.15, -0.1) is 0 Å². The highest BCUT2D eigenvalue weighted by molar-refractivity contribution is 5.88. The molecule has 4 N–H and O–H groups in total. The monoisotopic (exact) mass is 790 g/mol. The number of aromatic nitrogens is 6. The van der Waals surface area contributed by atoms with Crippen molar-refractivity contribution in [2.45, 2.75) is 77.5 Å². The number of rotatable bonds is 11. The molecule has 58 heavy (non-hydrogen) atoms. The average molecular weight is 791 g/mol. The van der Waals surface area contributed by atoms with Gasteiger partial charge in [0.1, 0.15) is 23.7 Å². The van der Waals surface area contributed by atoms with E-state index >= 15 is 0 Å². The number of fused-ring (bicyclic) bond motifs is 1. The molecule has 0 bridgehead atoms. The summed E-state index contributed by atoms with van der Waals surface area (Å²) in [4.78, 5) is 80.4. The van der Waals surface area contributed by atoms with Crippen molar-refractivity contribution >= 4 is 34.9 Å². The van der Waals surface area contributed by atoms with Crippen LogP contribution in [0.2, 0.25) is 0 Å². The van der Waals surface area contributed by atoms with Crippen LogP contribution in [0.4, 0.5) is 9.59 Å². The molecule has 7 rings (SSSR count). The Hall–Kier alpha value is -6.32. The predicted molar refractivity (Wildman–Crippen MR) is 216 cm³/mol. The van der Waals surface area contributed by atoms with Gasteiger partial charge in [-0.3, -0.25) is 14.6 Å². The number of ether oxygens (including phenoxy) is 2. The van der Waals surface area contributed by atoms with Gasteiger partial charge >= 0.3 is 12.2 Å². The first-order valence-corrected chi connectivity index (χ1v) is 19.7. The Balaban J connectivity index is 1.02. The lowest BCUT2D eigenvalue weighted by Gasteiger charge is -2.30. The molecule has 4 atom stereocenters. The number of carbonyl (C=O) groups excluding carboxylic acids is 4. The van der Waals surface area contributed by atoms with Gasteiger partial charge in [0.2, 0.25) is 11.8 Å². The summed E-state index contributed by atoms with van der Waals surface area (Å²) >= 11 is 0. The number of imidazole rings is 2. The van der Waals surface area contributed by atoms with Crippen LogP contribution in [-0.4, -0.2) is 103 Å². The molecule has 4 amide bonds. The fraction of sp³-hybridized carbons (Fsp3) is 0.429. The van der Waals surface area contributed by atoms with Gasteiger partial charge in [0.15, 0.2) is 0 Å². The number of pyridine rings is 2. The second-order valence-electron chi connectivity index (χ2n) is 15.5. The minimum atomic E-state index is -0.705. The van der Waals surface area contributed by atoms with Crippen LogP contribution in [0, 0.1) is 11.8 Å². The number of hydrogen-bond acceptors (Lipinski definition) is 10. The molecule has 0 unspecified atom stereocenters. The van der Waals surface area contributed by atoms with Crippen LogP contribution in [0.3, 0.4) is 0 Å². The zero-order chi connectivity index (χ0) is 41.1. The SMILES string of the molecule is COC(=O)N[C@H](C(=O)N1CCC[C@H]1c1ncc(-c2ccc3nc(-c4ccc(-c5cnc([C@@H]6CCCN6C(=O)[C@@H](NC(=O)OC)C(C)C)[nH]5)nc4)ccc3c2)[nH]1)C(C)C. The molecule has 2 aliphatic heterocycles. The number of hydrogen-bond donors (Lipinski definition) is 4. The fourth-order valence-corrected chi connectivity index (χ4v) is 7.83. The van der Waals surface area contributed by atoms with Crippen molar-refractivity contribution < 1.29 is 28.7 Å². The molecule has 2 fully saturated rings. The van der Waals surface area contributed by atoms with Crippen LogP contribution in [0.25, 0.3) is 44.8 Å². The molecule has 0 radical (unpaired) electrons. The quantitative estimate of drug-likeness (QED) is 0.120. The van der Waals surface area contributed by atoms with E-state index in [1.807, 2.05) is 64.1 Å². The van der Waals surface area contributed by atoms with Crippen LogP contribution >= 0.6 is 0 Å². The molecule has 2 aliphatic rings. The third-order valence-corrected chi connectivity index (χ3v) is 11.0. The summed E-state index contributed by atoms with van der Waals surface area (Å²) in [6, 6.07) is 12.1. The standard InChI is InChI=1S/C42H50N10O6/c1-23(2)35(49-41(55)57-5)39(53)51-17-7-9-33(51)37-44-21-31(47-37)26-12-14-28-25(19-26)11-15-29(46-28)27-13-16-30(43-20-27)32-22-45-38(48-32)34-10-8-18-52(34)40(54)36(24(3)4)50-42(56)58-6/h11-16,19-24,33-36H,7-10,17-18H2,1-6H3,(H,44,47)(H,45,48)(H,49,55)(H,50,56)/t33-,34-,35-,36-/m0/s1. The van der Waals surface area contributed by atoms with E-state index in [9.17, 15) is 19.2 Å². The van der Waals surface area contributed by atoms with E-state index in [0.29, 0.717) is 30.4 Å². The summed E-state index contributed by atoms with van der Waals surface area (Å²) in [5.74, 6) is 0.837. The summed E-state index contributed by atoms with van der Waals surface area (Å²) < 4.78 is 9.51. The number of likely N-dealkylation sites (tertiary alicyclic amines) is 2. The van der Waals surface area contributed by atoms with E-state index < -0.39 is 24.3 Å². The van der Waals surface area contributed by atoms with Gasteiger partial charge in [-0.1, -0.05) is 39.8 Å². The summed E-state index contributed by atoms with van der Waals surface area (Å²) in [7, 11) is 2.57. The van der Waals surface area contributed by atoms with E-state index in [1.54, 1.807) is 28.4 Å². The minimum absolute atomic E-state index is 0.114. The number of nitrogens with zero attached hydrogens (tertiary/aromatic N) is 6. The maximum absolute atomic E-state index is 13.6. The van der Waals surface area contributed by atoms with Gasteiger partial charge in [0, 0.05) is 35.8 Å². The lowest BCUT2D eigenvalue weighted by molar-refractivity contribution is -0.136. The van der Waals surface area contributed by atoms with Crippen LogP contribution in [0.15, 0.2) is 61.1 Å². The predicted octanol–water partition coefficient (Wildman–Crippen LogP) is 6.17. The largest absolute Gasteiger partial charge is 0.453 e. The van der Waals surface area contributed by atoms with Crippen molar-refractivity contribution in [3.05, 3.63) is 72.7 Å². The Kier molecular flexibility index (Phi) is 11.7. The summed E-state index contributed by atoms with van der Waals surface area (Å²) in [6.07, 6.45) is 7.23. The van der Waals surface area contributed by atoms with Gasteiger partial charge in [-0.25, -0.2) is 24.5 Å². The summed E-state index contributed by atoms with van der Waals surface area (Å²) in [6.45, 7) is 8.73. The lowest BCUT2D eigenvalue weighted by Crippen LogP contribution is -2.51. The van der Waals surface area contributed by atoms with E-state index in [4.69, 9.17) is 19.4 Å². The van der Waals surface area contributed by atoms with Gasteiger partial charge < -0.3 is 39.9 Å². The molecular formula is C42H50N10O6. The first-order valence-electron chi connectivity index (χ1n) is 19.7. The third kappa shape index (κ3) is 8.22. The molecule has 1 aromatic carbocycles. The highest BCUT2D eigenvalue weighted by Gasteiger charge is 2.39. The number of nitrogens with one attached hydrogen (secondary N) is 4. The van der Waals surface area contributed by atoms with Gasteiger partial charge in [-0.2, -0.15) is 0 Å². The maximum atomic E-state index is 13.6. The van der Waals surface area contributed by atoms with Crippen molar-refractivity contribution in [2.24, 2.45) is 11.8 Å². The van der Waals surface area contributed by atoms with Crippen molar-refractivity contribution in [3.63, 3.8) is 0 Å². The highest BCUT2D eigenvalue weighted by Crippen LogP contribution is 2.35. The van der Waals surface area contributed by atoms with E-state index in [2.05, 4.69) is 36.6 Å². The van der Waals surface area contributed by atoms with Gasteiger partial charge in [-0.05, 0) is 67.9 Å². The number of carbonyl (C=O) groups is 4. The number of amides is 4. The highest BCUT2D eigenvalue weighted by atomic mass is 16.5. The molecule has 304 valence electrons. The molecule has 2 saturated heterocycles. The maximum Gasteiger partial charge on any atom is 0.407 e. The van der Waals surface area contributed by atoms with Crippen molar-refractivity contribution in [3.8, 4) is 33.9 Å². The van der Waals surface area contributed by atoms with Gasteiger partial charge in [0.25, 0.3) is 0 Å². The minimum Gasteiger partial charge on any atom is -0.453 e. The van der Waals surface area contributed by atoms with Crippen LogP contribution < -0.4 is 10.6 Å².